The first-order chi connectivity index (χ1) is 12.3. The lowest BCUT2D eigenvalue weighted by Crippen LogP contribution is -2.48. The van der Waals surface area contributed by atoms with Crippen LogP contribution in [0, 0.1) is 5.82 Å². The van der Waals surface area contributed by atoms with E-state index in [1.807, 2.05) is 0 Å². The van der Waals surface area contributed by atoms with Gasteiger partial charge in [0.1, 0.15) is 17.1 Å². The van der Waals surface area contributed by atoms with Crippen LogP contribution in [0.15, 0.2) is 30.3 Å². The molecule has 0 atom stereocenters. The molecule has 0 spiro atoms. The average Bonchev–Trinajstić information content (AvgIpc) is 2.61. The first-order valence-electron chi connectivity index (χ1n) is 7.97. The minimum absolute atomic E-state index is 0.172. The van der Waals surface area contributed by atoms with Crippen molar-refractivity contribution in [3.8, 4) is 16.9 Å². The highest BCUT2D eigenvalue weighted by Crippen LogP contribution is 2.42. The zero-order valence-corrected chi connectivity index (χ0v) is 14.9. The van der Waals surface area contributed by atoms with Crippen LogP contribution < -0.4 is 15.4 Å². The van der Waals surface area contributed by atoms with Crippen molar-refractivity contribution in [1.29, 1.82) is 0 Å². The molecule has 1 aliphatic rings. The van der Waals surface area contributed by atoms with Gasteiger partial charge in [-0.05, 0) is 32.0 Å². The van der Waals surface area contributed by atoms with Gasteiger partial charge < -0.3 is 20.1 Å². The molecular formula is C19H19FN2O4. The number of anilines is 2. The van der Waals surface area contributed by atoms with Gasteiger partial charge in [-0.1, -0.05) is 6.07 Å². The van der Waals surface area contributed by atoms with E-state index in [1.54, 1.807) is 26.0 Å². The predicted octanol–water partition coefficient (Wildman–Crippen LogP) is 3.43. The predicted molar refractivity (Wildman–Crippen MR) is 96.1 cm³/mol. The molecule has 1 amide bonds. The molecule has 26 heavy (non-hydrogen) atoms. The number of carbonyl (C=O) groups excluding carboxylic acids is 2. The summed E-state index contributed by atoms with van der Waals surface area (Å²) in [6.07, 6.45) is 0. The summed E-state index contributed by atoms with van der Waals surface area (Å²) in [6.45, 7) is 3.47. The Kier molecular flexibility index (Phi) is 4.31. The number of nitrogens with one attached hydrogen (secondary N) is 2. The SMILES string of the molecule is COC(=O)c1c(-c2ccc(F)cc2OC)ccc2c1NC(=O)C(C)(C)N2. The van der Waals surface area contributed by atoms with Crippen molar-refractivity contribution in [2.24, 2.45) is 0 Å². The number of esters is 1. The van der Waals surface area contributed by atoms with Crippen LogP contribution in [0.1, 0.15) is 24.2 Å². The summed E-state index contributed by atoms with van der Waals surface area (Å²) >= 11 is 0. The van der Waals surface area contributed by atoms with E-state index in [2.05, 4.69) is 10.6 Å². The highest BCUT2D eigenvalue weighted by Gasteiger charge is 2.36. The van der Waals surface area contributed by atoms with Gasteiger partial charge in [0.2, 0.25) is 5.91 Å². The molecule has 0 saturated heterocycles. The van der Waals surface area contributed by atoms with Crippen molar-refractivity contribution in [1.82, 2.24) is 0 Å². The maximum atomic E-state index is 13.5. The Morgan fingerprint density at radius 1 is 1.12 bits per heavy atom. The quantitative estimate of drug-likeness (QED) is 0.822. The Labute approximate surface area is 150 Å². The molecule has 0 aromatic heterocycles. The van der Waals surface area contributed by atoms with Crippen molar-refractivity contribution < 1.29 is 23.5 Å². The fraction of sp³-hybridized carbons (Fsp3) is 0.263. The fourth-order valence-electron chi connectivity index (χ4n) is 2.93. The second-order valence-corrected chi connectivity index (χ2v) is 6.45. The van der Waals surface area contributed by atoms with Crippen LogP contribution in [0.3, 0.4) is 0 Å². The van der Waals surface area contributed by atoms with Gasteiger partial charge in [0, 0.05) is 17.2 Å². The van der Waals surface area contributed by atoms with Gasteiger partial charge in [0.05, 0.1) is 31.2 Å². The van der Waals surface area contributed by atoms with Crippen LogP contribution in [0.2, 0.25) is 0 Å². The summed E-state index contributed by atoms with van der Waals surface area (Å²) in [7, 11) is 2.68. The number of benzene rings is 2. The van der Waals surface area contributed by atoms with E-state index >= 15 is 0 Å². The van der Waals surface area contributed by atoms with Crippen molar-refractivity contribution in [2.75, 3.05) is 24.9 Å². The molecule has 3 rings (SSSR count). The molecule has 2 aromatic rings. The van der Waals surface area contributed by atoms with E-state index < -0.39 is 17.3 Å². The number of rotatable bonds is 3. The van der Waals surface area contributed by atoms with Gasteiger partial charge in [-0.2, -0.15) is 0 Å². The first-order valence-corrected chi connectivity index (χ1v) is 7.97. The Bertz CT molecular complexity index is 909. The third kappa shape index (κ3) is 2.85. The van der Waals surface area contributed by atoms with Gasteiger partial charge in [0.25, 0.3) is 0 Å². The second kappa shape index (κ2) is 6.33. The Balaban J connectivity index is 2.27. The zero-order chi connectivity index (χ0) is 19.1. The Morgan fingerprint density at radius 3 is 2.46 bits per heavy atom. The summed E-state index contributed by atoms with van der Waals surface area (Å²) < 4.78 is 23.7. The van der Waals surface area contributed by atoms with Crippen molar-refractivity contribution in [3.05, 3.63) is 41.7 Å². The monoisotopic (exact) mass is 358 g/mol. The molecule has 0 radical (unpaired) electrons. The normalized spacial score (nSPS) is 14.7. The molecule has 0 saturated carbocycles. The summed E-state index contributed by atoms with van der Waals surface area (Å²) in [4.78, 5) is 24.9. The molecular weight excluding hydrogens is 339 g/mol. The molecule has 7 heteroatoms. The number of methoxy groups -OCH3 is 2. The molecule has 0 fully saturated rings. The Hall–Kier alpha value is -3.09. The number of hydrogen-bond acceptors (Lipinski definition) is 5. The highest BCUT2D eigenvalue weighted by molar-refractivity contribution is 6.14. The van der Waals surface area contributed by atoms with Gasteiger partial charge in [-0.15, -0.1) is 0 Å². The zero-order valence-electron chi connectivity index (χ0n) is 14.9. The summed E-state index contributed by atoms with van der Waals surface area (Å²) in [5, 5.41) is 5.89. The number of amides is 1. The van der Waals surface area contributed by atoms with Gasteiger partial charge in [-0.25, -0.2) is 9.18 Å². The molecule has 2 aromatic carbocycles. The maximum Gasteiger partial charge on any atom is 0.340 e. The smallest absolute Gasteiger partial charge is 0.340 e. The number of hydrogen-bond donors (Lipinski definition) is 2. The number of ether oxygens (including phenoxy) is 2. The lowest BCUT2D eigenvalue weighted by molar-refractivity contribution is -0.119. The van der Waals surface area contributed by atoms with E-state index in [-0.39, 0.29) is 17.2 Å². The molecule has 6 nitrogen and oxygen atoms in total. The molecule has 0 aliphatic carbocycles. The van der Waals surface area contributed by atoms with Crippen molar-refractivity contribution in [2.45, 2.75) is 19.4 Å². The lowest BCUT2D eigenvalue weighted by atomic mass is 9.92. The number of carbonyl (C=O) groups is 2. The molecule has 1 heterocycles. The van der Waals surface area contributed by atoms with E-state index in [0.29, 0.717) is 22.5 Å². The molecule has 1 aliphatic heterocycles. The minimum Gasteiger partial charge on any atom is -0.496 e. The number of fused-ring (bicyclic) bond motifs is 1. The Morgan fingerprint density at radius 2 is 1.81 bits per heavy atom. The maximum absolute atomic E-state index is 13.5. The average molecular weight is 358 g/mol. The molecule has 0 unspecified atom stereocenters. The van der Waals surface area contributed by atoms with Crippen LogP contribution in [0.5, 0.6) is 5.75 Å². The van der Waals surface area contributed by atoms with Crippen LogP contribution in [0.25, 0.3) is 11.1 Å². The van der Waals surface area contributed by atoms with Crippen LogP contribution in [0.4, 0.5) is 15.8 Å². The lowest BCUT2D eigenvalue weighted by Gasteiger charge is -2.34. The van der Waals surface area contributed by atoms with Crippen LogP contribution >= 0.6 is 0 Å². The third-order valence-corrected chi connectivity index (χ3v) is 4.30. The summed E-state index contributed by atoms with van der Waals surface area (Å²) in [6, 6.07) is 7.49. The summed E-state index contributed by atoms with van der Waals surface area (Å²) in [5.41, 5.74) is 1.25. The summed E-state index contributed by atoms with van der Waals surface area (Å²) in [5.74, 6) is -1.09. The molecule has 2 N–H and O–H groups in total. The topological polar surface area (TPSA) is 76.7 Å². The fourth-order valence-corrected chi connectivity index (χ4v) is 2.93. The van der Waals surface area contributed by atoms with Gasteiger partial charge in [0.15, 0.2) is 0 Å². The van der Waals surface area contributed by atoms with Crippen LogP contribution in [-0.4, -0.2) is 31.6 Å². The van der Waals surface area contributed by atoms with E-state index in [4.69, 9.17) is 9.47 Å². The van der Waals surface area contributed by atoms with E-state index in [0.717, 1.165) is 0 Å². The van der Waals surface area contributed by atoms with Crippen molar-refractivity contribution in [3.63, 3.8) is 0 Å². The minimum atomic E-state index is -0.824. The molecule has 0 bridgehead atoms. The second-order valence-electron chi connectivity index (χ2n) is 6.45. The first kappa shape index (κ1) is 17.7. The van der Waals surface area contributed by atoms with Gasteiger partial charge >= 0.3 is 5.97 Å². The van der Waals surface area contributed by atoms with E-state index in [1.165, 1.54) is 32.4 Å². The standard InChI is InChI=1S/C19H19FN2O4/c1-19(2)18(24)21-16-13(22-19)8-7-12(15(16)17(23)26-4)11-6-5-10(20)9-14(11)25-3/h5-9,22H,1-4H3,(H,21,24). The largest absolute Gasteiger partial charge is 0.496 e. The van der Waals surface area contributed by atoms with Gasteiger partial charge in [-0.3, -0.25) is 4.79 Å². The third-order valence-electron chi connectivity index (χ3n) is 4.30. The van der Waals surface area contributed by atoms with Crippen molar-refractivity contribution >= 4 is 23.3 Å². The van der Waals surface area contributed by atoms with Crippen LogP contribution in [-0.2, 0) is 9.53 Å². The van der Waals surface area contributed by atoms with E-state index in [9.17, 15) is 14.0 Å². The highest BCUT2D eigenvalue weighted by atomic mass is 19.1. The molecule has 136 valence electrons. The number of halogens is 1.